The third-order valence-corrected chi connectivity index (χ3v) is 3.61. The number of aromatic nitrogens is 2. The maximum atomic E-state index is 6.14. The number of fused-ring (bicyclic) bond motifs is 1. The number of para-hydroxylation sites is 1. The Kier molecular flexibility index (Phi) is 3.17. The standard InChI is InChI=1S/C16H17ClN2O/c1-16(2,3)13-9-14(17)19-15(18-13)12-8-10-6-4-5-7-11(10)20-12/h4-7,9,12H,8H2,1-3H3. The molecule has 1 unspecified atom stereocenters. The molecule has 0 aliphatic carbocycles. The number of nitrogens with zero attached hydrogens (tertiary/aromatic N) is 2. The van der Waals surface area contributed by atoms with Crippen LogP contribution in [0.4, 0.5) is 0 Å². The topological polar surface area (TPSA) is 35.0 Å². The van der Waals surface area contributed by atoms with Crippen LogP contribution in [0.25, 0.3) is 0 Å². The Labute approximate surface area is 124 Å². The molecule has 0 fully saturated rings. The van der Waals surface area contributed by atoms with Gasteiger partial charge in [-0.2, -0.15) is 0 Å². The zero-order valence-corrected chi connectivity index (χ0v) is 12.6. The minimum absolute atomic E-state index is 0.0627. The van der Waals surface area contributed by atoms with Crippen molar-refractivity contribution in [2.45, 2.75) is 38.7 Å². The molecule has 20 heavy (non-hydrogen) atoms. The quantitative estimate of drug-likeness (QED) is 0.741. The zero-order valence-electron chi connectivity index (χ0n) is 11.9. The van der Waals surface area contributed by atoms with Crippen LogP contribution in [0, 0.1) is 0 Å². The summed E-state index contributed by atoms with van der Waals surface area (Å²) < 4.78 is 5.93. The first-order valence-corrected chi connectivity index (χ1v) is 7.11. The number of hydrogen-bond donors (Lipinski definition) is 0. The molecule has 1 aromatic heterocycles. The largest absolute Gasteiger partial charge is 0.482 e. The monoisotopic (exact) mass is 288 g/mol. The Balaban J connectivity index is 1.95. The highest BCUT2D eigenvalue weighted by atomic mass is 35.5. The fourth-order valence-electron chi connectivity index (χ4n) is 2.29. The first-order chi connectivity index (χ1) is 9.43. The lowest BCUT2D eigenvalue weighted by atomic mass is 9.92. The minimum Gasteiger partial charge on any atom is -0.482 e. The number of benzene rings is 1. The number of rotatable bonds is 1. The van der Waals surface area contributed by atoms with Crippen LogP contribution in [0.2, 0.25) is 5.15 Å². The molecule has 1 aromatic carbocycles. The molecule has 1 aliphatic rings. The highest BCUT2D eigenvalue weighted by molar-refractivity contribution is 6.29. The van der Waals surface area contributed by atoms with E-state index in [1.165, 1.54) is 5.56 Å². The molecule has 1 aliphatic heterocycles. The van der Waals surface area contributed by atoms with Crippen LogP contribution in [0.5, 0.6) is 5.75 Å². The van der Waals surface area contributed by atoms with Crippen molar-refractivity contribution in [3.05, 3.63) is 52.6 Å². The molecule has 4 heteroatoms. The van der Waals surface area contributed by atoms with Crippen LogP contribution < -0.4 is 4.74 Å². The molecule has 0 saturated carbocycles. The van der Waals surface area contributed by atoms with Gasteiger partial charge in [0.15, 0.2) is 11.9 Å². The Morgan fingerprint density at radius 2 is 1.95 bits per heavy atom. The molecule has 104 valence electrons. The maximum absolute atomic E-state index is 6.14. The second-order valence-corrected chi connectivity index (χ2v) is 6.49. The van der Waals surface area contributed by atoms with Crippen LogP contribution in [-0.4, -0.2) is 9.97 Å². The molecule has 3 nitrogen and oxygen atoms in total. The van der Waals surface area contributed by atoms with Gasteiger partial charge in [-0.3, -0.25) is 0 Å². The second-order valence-electron chi connectivity index (χ2n) is 6.10. The molecule has 2 heterocycles. The predicted octanol–water partition coefficient (Wildman–Crippen LogP) is 4.10. The fourth-order valence-corrected chi connectivity index (χ4v) is 2.48. The second kappa shape index (κ2) is 4.74. The van der Waals surface area contributed by atoms with Crippen LogP contribution in [0.15, 0.2) is 30.3 Å². The van der Waals surface area contributed by atoms with Gasteiger partial charge in [-0.1, -0.05) is 50.6 Å². The van der Waals surface area contributed by atoms with Gasteiger partial charge in [-0.05, 0) is 17.7 Å². The average molecular weight is 289 g/mol. The van der Waals surface area contributed by atoms with Gasteiger partial charge in [-0.15, -0.1) is 0 Å². The van der Waals surface area contributed by atoms with Gasteiger partial charge >= 0.3 is 0 Å². The maximum Gasteiger partial charge on any atom is 0.171 e. The van der Waals surface area contributed by atoms with E-state index in [2.05, 4.69) is 36.8 Å². The smallest absolute Gasteiger partial charge is 0.171 e. The van der Waals surface area contributed by atoms with Gasteiger partial charge in [0, 0.05) is 11.8 Å². The molecule has 2 aromatic rings. The molecular weight excluding hydrogens is 272 g/mol. The van der Waals surface area contributed by atoms with E-state index in [0.29, 0.717) is 11.0 Å². The molecule has 0 bridgehead atoms. The Morgan fingerprint density at radius 1 is 1.20 bits per heavy atom. The third-order valence-electron chi connectivity index (χ3n) is 3.42. The first-order valence-electron chi connectivity index (χ1n) is 6.73. The van der Waals surface area contributed by atoms with Crippen LogP contribution in [-0.2, 0) is 11.8 Å². The molecule has 0 spiro atoms. The van der Waals surface area contributed by atoms with Gasteiger partial charge in [0.05, 0.1) is 5.69 Å². The molecule has 3 rings (SSSR count). The molecule has 1 atom stereocenters. The summed E-state index contributed by atoms with van der Waals surface area (Å²) in [6, 6.07) is 9.87. The highest BCUT2D eigenvalue weighted by Gasteiger charge is 2.28. The number of halogens is 1. The predicted molar refractivity (Wildman–Crippen MR) is 79.3 cm³/mol. The van der Waals surface area contributed by atoms with Gasteiger partial charge < -0.3 is 4.74 Å². The molecular formula is C16H17ClN2O. The van der Waals surface area contributed by atoms with Crippen LogP contribution >= 0.6 is 11.6 Å². The van der Waals surface area contributed by atoms with Crippen molar-refractivity contribution in [2.75, 3.05) is 0 Å². The Bertz CT molecular complexity index is 624. The van der Waals surface area contributed by atoms with E-state index in [1.54, 1.807) is 0 Å². The third kappa shape index (κ3) is 2.50. The van der Waals surface area contributed by atoms with Gasteiger partial charge in [-0.25, -0.2) is 9.97 Å². The Morgan fingerprint density at radius 3 is 2.65 bits per heavy atom. The minimum atomic E-state index is -0.146. The summed E-state index contributed by atoms with van der Waals surface area (Å²) in [4.78, 5) is 8.99. The van der Waals surface area contributed by atoms with Crippen LogP contribution in [0.3, 0.4) is 0 Å². The highest BCUT2D eigenvalue weighted by Crippen LogP contribution is 2.36. The summed E-state index contributed by atoms with van der Waals surface area (Å²) >= 11 is 6.14. The van der Waals surface area contributed by atoms with Gasteiger partial charge in [0.25, 0.3) is 0 Å². The van der Waals surface area contributed by atoms with Crippen molar-refractivity contribution in [1.29, 1.82) is 0 Å². The summed E-state index contributed by atoms with van der Waals surface area (Å²) in [6.45, 7) is 6.33. The van der Waals surface area contributed by atoms with E-state index < -0.39 is 0 Å². The van der Waals surface area contributed by atoms with E-state index in [-0.39, 0.29) is 11.5 Å². The van der Waals surface area contributed by atoms with E-state index in [9.17, 15) is 0 Å². The van der Waals surface area contributed by atoms with Crippen molar-refractivity contribution >= 4 is 11.6 Å². The van der Waals surface area contributed by atoms with Crippen molar-refractivity contribution < 1.29 is 4.74 Å². The lowest BCUT2D eigenvalue weighted by molar-refractivity contribution is 0.226. The van der Waals surface area contributed by atoms with Crippen molar-refractivity contribution in [1.82, 2.24) is 9.97 Å². The average Bonchev–Trinajstić information content (AvgIpc) is 2.80. The SMILES string of the molecule is CC(C)(C)c1cc(Cl)nc(C2Cc3ccccc3O2)n1. The fraction of sp³-hybridized carbons (Fsp3) is 0.375. The summed E-state index contributed by atoms with van der Waals surface area (Å²) in [5.41, 5.74) is 2.07. The number of ether oxygens (including phenoxy) is 1. The van der Waals surface area contributed by atoms with E-state index >= 15 is 0 Å². The summed E-state index contributed by atoms with van der Waals surface area (Å²) in [7, 11) is 0. The first kappa shape index (κ1) is 13.4. The van der Waals surface area contributed by atoms with Crippen molar-refractivity contribution in [3.63, 3.8) is 0 Å². The Hall–Kier alpha value is -1.61. The lowest BCUT2D eigenvalue weighted by Crippen LogP contribution is -2.18. The zero-order chi connectivity index (χ0) is 14.3. The summed E-state index contributed by atoms with van der Waals surface area (Å²) in [6.07, 6.45) is 0.646. The van der Waals surface area contributed by atoms with Crippen LogP contribution in [0.1, 0.15) is 44.0 Å². The lowest BCUT2D eigenvalue weighted by Gasteiger charge is -2.19. The molecule has 0 N–H and O–H groups in total. The molecule has 0 amide bonds. The molecule has 0 saturated heterocycles. The number of hydrogen-bond acceptors (Lipinski definition) is 3. The van der Waals surface area contributed by atoms with E-state index in [1.807, 2.05) is 24.3 Å². The summed E-state index contributed by atoms with van der Waals surface area (Å²) in [5, 5.41) is 0.472. The summed E-state index contributed by atoms with van der Waals surface area (Å²) in [5.74, 6) is 1.58. The van der Waals surface area contributed by atoms with Gasteiger partial charge in [0.2, 0.25) is 0 Å². The van der Waals surface area contributed by atoms with E-state index in [4.69, 9.17) is 16.3 Å². The van der Waals surface area contributed by atoms with Crippen molar-refractivity contribution in [3.8, 4) is 5.75 Å². The van der Waals surface area contributed by atoms with E-state index in [0.717, 1.165) is 17.9 Å². The van der Waals surface area contributed by atoms with Gasteiger partial charge in [0.1, 0.15) is 10.9 Å². The van der Waals surface area contributed by atoms with Crippen molar-refractivity contribution in [2.24, 2.45) is 0 Å². The normalized spacial score (nSPS) is 17.7. The molecule has 0 radical (unpaired) electrons.